The first-order valence-electron chi connectivity index (χ1n) is 4.58. The first-order valence-corrected chi connectivity index (χ1v) is 4.58. The van der Waals surface area contributed by atoms with Crippen LogP contribution in [0.25, 0.3) is 0 Å². The van der Waals surface area contributed by atoms with Crippen LogP contribution in [0.2, 0.25) is 0 Å². The Kier molecular flexibility index (Phi) is 3.75. The highest BCUT2D eigenvalue weighted by molar-refractivity contribution is 5.94. The fourth-order valence-electron chi connectivity index (χ4n) is 1.20. The van der Waals surface area contributed by atoms with Gasteiger partial charge in [0.2, 0.25) is 0 Å². The Bertz CT molecular complexity index is 363. The van der Waals surface area contributed by atoms with Gasteiger partial charge in [-0.25, -0.2) is 0 Å². The molecule has 72 valence electrons. The number of terminal acetylenes is 1. The lowest BCUT2D eigenvalue weighted by Gasteiger charge is -2.03. The third-order valence-electron chi connectivity index (χ3n) is 1.83. The van der Waals surface area contributed by atoms with Crippen LogP contribution in [0.4, 0.5) is 0 Å². The molecule has 0 unspecified atom stereocenters. The van der Waals surface area contributed by atoms with E-state index in [4.69, 9.17) is 6.42 Å². The van der Waals surface area contributed by atoms with Crippen LogP contribution in [0.3, 0.4) is 0 Å². The molecule has 0 aliphatic rings. The second-order valence-corrected chi connectivity index (χ2v) is 2.94. The van der Waals surface area contributed by atoms with Gasteiger partial charge in [0.25, 0.3) is 5.91 Å². The summed E-state index contributed by atoms with van der Waals surface area (Å²) >= 11 is 0. The van der Waals surface area contributed by atoms with E-state index in [2.05, 4.69) is 11.2 Å². The molecule has 0 fully saturated rings. The van der Waals surface area contributed by atoms with Crippen LogP contribution in [0.15, 0.2) is 24.3 Å². The summed E-state index contributed by atoms with van der Waals surface area (Å²) in [6.45, 7) is 2.53. The first-order chi connectivity index (χ1) is 6.77. The van der Waals surface area contributed by atoms with Crippen molar-refractivity contribution in [2.45, 2.75) is 13.3 Å². The van der Waals surface area contributed by atoms with Crippen molar-refractivity contribution in [1.82, 2.24) is 5.32 Å². The molecule has 2 nitrogen and oxygen atoms in total. The standard InChI is InChI=1S/C12H13NO/c1-3-6-10-7-5-8-11(9-10)12(14)13-4-2/h1,5,7-9H,4,6H2,2H3,(H,13,14). The van der Waals surface area contributed by atoms with Gasteiger partial charge >= 0.3 is 0 Å². The summed E-state index contributed by atoms with van der Waals surface area (Å²) in [6.07, 6.45) is 5.76. The predicted molar refractivity (Wildman–Crippen MR) is 57.0 cm³/mol. The molecule has 1 rings (SSSR count). The van der Waals surface area contributed by atoms with E-state index in [9.17, 15) is 4.79 Å². The average molecular weight is 187 g/mol. The minimum Gasteiger partial charge on any atom is -0.352 e. The molecule has 0 atom stereocenters. The van der Waals surface area contributed by atoms with Crippen molar-refractivity contribution in [2.75, 3.05) is 6.54 Å². The summed E-state index contributed by atoms with van der Waals surface area (Å²) < 4.78 is 0. The van der Waals surface area contributed by atoms with Crippen molar-refractivity contribution in [1.29, 1.82) is 0 Å². The summed E-state index contributed by atoms with van der Waals surface area (Å²) in [5.74, 6) is 2.50. The molecule has 0 saturated carbocycles. The molecule has 0 bridgehead atoms. The summed E-state index contributed by atoms with van der Waals surface area (Å²) in [5.41, 5.74) is 1.66. The molecule has 0 aliphatic carbocycles. The van der Waals surface area contributed by atoms with E-state index < -0.39 is 0 Å². The van der Waals surface area contributed by atoms with E-state index >= 15 is 0 Å². The van der Waals surface area contributed by atoms with Crippen LogP contribution in [0.1, 0.15) is 22.8 Å². The first kappa shape index (κ1) is 10.3. The highest BCUT2D eigenvalue weighted by Crippen LogP contribution is 2.05. The molecule has 1 aromatic carbocycles. The van der Waals surface area contributed by atoms with Crippen molar-refractivity contribution >= 4 is 5.91 Å². The molecule has 0 spiro atoms. The van der Waals surface area contributed by atoms with E-state index in [1.54, 1.807) is 6.07 Å². The Hall–Kier alpha value is -1.75. The Morgan fingerprint density at radius 3 is 3.00 bits per heavy atom. The maximum absolute atomic E-state index is 11.4. The molecule has 1 amide bonds. The van der Waals surface area contributed by atoms with Crippen LogP contribution in [-0.4, -0.2) is 12.5 Å². The van der Waals surface area contributed by atoms with Gasteiger partial charge in [-0.2, -0.15) is 0 Å². The normalized spacial score (nSPS) is 9.14. The zero-order chi connectivity index (χ0) is 10.4. The summed E-state index contributed by atoms with van der Waals surface area (Å²) in [4.78, 5) is 11.4. The molecule has 1 N–H and O–H groups in total. The molecule has 14 heavy (non-hydrogen) atoms. The molecular formula is C12H13NO. The lowest BCUT2D eigenvalue weighted by atomic mass is 10.1. The number of hydrogen-bond donors (Lipinski definition) is 1. The molecular weight excluding hydrogens is 174 g/mol. The second-order valence-electron chi connectivity index (χ2n) is 2.94. The van der Waals surface area contributed by atoms with Gasteiger partial charge in [-0.3, -0.25) is 4.79 Å². The maximum Gasteiger partial charge on any atom is 0.251 e. The van der Waals surface area contributed by atoms with E-state index in [0.29, 0.717) is 18.5 Å². The van der Waals surface area contributed by atoms with Gasteiger partial charge < -0.3 is 5.32 Å². The molecule has 0 aromatic heterocycles. The number of carbonyl (C=O) groups is 1. The van der Waals surface area contributed by atoms with Gasteiger partial charge in [-0.1, -0.05) is 12.1 Å². The summed E-state index contributed by atoms with van der Waals surface area (Å²) in [7, 11) is 0. The van der Waals surface area contributed by atoms with Gasteiger partial charge in [0.1, 0.15) is 0 Å². The smallest absolute Gasteiger partial charge is 0.251 e. The van der Waals surface area contributed by atoms with E-state index in [-0.39, 0.29) is 5.91 Å². The van der Waals surface area contributed by atoms with Crippen LogP contribution in [-0.2, 0) is 6.42 Å². The summed E-state index contributed by atoms with van der Waals surface area (Å²) in [6, 6.07) is 7.37. The number of rotatable bonds is 3. The van der Waals surface area contributed by atoms with Crippen LogP contribution >= 0.6 is 0 Å². The number of benzene rings is 1. The van der Waals surface area contributed by atoms with Crippen molar-refractivity contribution in [3.63, 3.8) is 0 Å². The Balaban J connectivity index is 2.83. The van der Waals surface area contributed by atoms with Crippen molar-refractivity contribution < 1.29 is 4.79 Å². The molecule has 0 aliphatic heterocycles. The monoisotopic (exact) mass is 187 g/mol. The van der Waals surface area contributed by atoms with Gasteiger partial charge in [0, 0.05) is 18.5 Å². The van der Waals surface area contributed by atoms with E-state index in [1.807, 2.05) is 25.1 Å². The number of carbonyl (C=O) groups excluding carboxylic acids is 1. The predicted octanol–water partition coefficient (Wildman–Crippen LogP) is 1.61. The van der Waals surface area contributed by atoms with Crippen molar-refractivity contribution in [2.24, 2.45) is 0 Å². The lowest BCUT2D eigenvalue weighted by Crippen LogP contribution is -2.22. The quantitative estimate of drug-likeness (QED) is 0.716. The third-order valence-corrected chi connectivity index (χ3v) is 1.83. The number of nitrogens with one attached hydrogen (secondary N) is 1. The summed E-state index contributed by atoms with van der Waals surface area (Å²) in [5, 5.41) is 2.74. The van der Waals surface area contributed by atoms with Crippen LogP contribution < -0.4 is 5.32 Å². The SMILES string of the molecule is C#CCc1cccc(C(=O)NCC)c1. The molecule has 0 heterocycles. The molecule has 1 aromatic rings. The fourth-order valence-corrected chi connectivity index (χ4v) is 1.20. The molecule has 0 saturated heterocycles. The van der Waals surface area contributed by atoms with E-state index in [0.717, 1.165) is 5.56 Å². The Morgan fingerprint density at radius 2 is 2.36 bits per heavy atom. The minimum atomic E-state index is -0.0497. The third kappa shape index (κ3) is 2.63. The highest BCUT2D eigenvalue weighted by Gasteiger charge is 2.03. The van der Waals surface area contributed by atoms with Gasteiger partial charge in [0.15, 0.2) is 0 Å². The van der Waals surface area contributed by atoms with Gasteiger partial charge in [-0.05, 0) is 24.6 Å². The Morgan fingerprint density at radius 1 is 1.57 bits per heavy atom. The van der Waals surface area contributed by atoms with Gasteiger partial charge in [-0.15, -0.1) is 12.3 Å². The van der Waals surface area contributed by atoms with E-state index in [1.165, 1.54) is 0 Å². The average Bonchev–Trinajstić information content (AvgIpc) is 2.19. The van der Waals surface area contributed by atoms with Crippen LogP contribution in [0.5, 0.6) is 0 Å². The minimum absolute atomic E-state index is 0.0497. The molecule has 0 radical (unpaired) electrons. The molecule has 2 heteroatoms. The van der Waals surface area contributed by atoms with Crippen molar-refractivity contribution in [3.05, 3.63) is 35.4 Å². The van der Waals surface area contributed by atoms with Crippen molar-refractivity contribution in [3.8, 4) is 12.3 Å². The fraction of sp³-hybridized carbons (Fsp3) is 0.250. The Labute approximate surface area is 84.3 Å². The maximum atomic E-state index is 11.4. The van der Waals surface area contributed by atoms with Gasteiger partial charge in [0.05, 0.1) is 0 Å². The highest BCUT2D eigenvalue weighted by atomic mass is 16.1. The lowest BCUT2D eigenvalue weighted by molar-refractivity contribution is 0.0955. The zero-order valence-corrected chi connectivity index (χ0v) is 8.21. The van der Waals surface area contributed by atoms with Crippen LogP contribution in [0, 0.1) is 12.3 Å². The second kappa shape index (κ2) is 5.08. The number of amides is 1. The zero-order valence-electron chi connectivity index (χ0n) is 8.21. The largest absolute Gasteiger partial charge is 0.352 e. The topological polar surface area (TPSA) is 29.1 Å². The number of hydrogen-bond acceptors (Lipinski definition) is 1.